The van der Waals surface area contributed by atoms with E-state index in [1.807, 2.05) is 22.6 Å². The van der Waals surface area contributed by atoms with Gasteiger partial charge in [0.05, 0.1) is 5.56 Å². The zero-order chi connectivity index (χ0) is 13.7. The molecule has 3 N–H and O–H groups in total. The van der Waals surface area contributed by atoms with Crippen molar-refractivity contribution in [2.75, 3.05) is 6.54 Å². The lowest BCUT2D eigenvalue weighted by Crippen LogP contribution is -2.44. The number of hydrogen-bond donors (Lipinski definition) is 3. The van der Waals surface area contributed by atoms with Gasteiger partial charge < -0.3 is 15.7 Å². The van der Waals surface area contributed by atoms with Gasteiger partial charge in [0.1, 0.15) is 11.8 Å². The van der Waals surface area contributed by atoms with Gasteiger partial charge in [-0.15, -0.1) is 0 Å². The third kappa shape index (κ3) is 3.86. The highest BCUT2D eigenvalue weighted by Gasteiger charge is 2.18. The van der Waals surface area contributed by atoms with E-state index in [1.54, 1.807) is 26.0 Å². The molecule has 5 nitrogen and oxygen atoms in total. The zero-order valence-electron chi connectivity index (χ0n) is 10.2. The summed E-state index contributed by atoms with van der Waals surface area (Å²) in [5, 5.41) is 14.7. The Morgan fingerprint density at radius 1 is 1.44 bits per heavy atom. The molecule has 0 bridgehead atoms. The smallest absolute Gasteiger partial charge is 0.255 e. The molecule has 2 amide bonds. The molecule has 0 aliphatic carbocycles. The number of phenolic OH excluding ortho intramolecular Hbond substituents is 1. The Hall–Kier alpha value is -1.31. The molecule has 0 aliphatic rings. The highest BCUT2D eigenvalue weighted by molar-refractivity contribution is 14.1. The Kier molecular flexibility index (Phi) is 5.39. The minimum atomic E-state index is -0.644. The summed E-state index contributed by atoms with van der Waals surface area (Å²) in [6, 6.07) is 4.07. The standard InChI is InChI=1S/C12H15IN2O3/c1-3-14-11(17)7(2)15-12(18)9-6-8(13)4-5-10(9)16/h4-7,16H,3H2,1-2H3,(H,14,17)(H,15,18). The van der Waals surface area contributed by atoms with Crippen LogP contribution < -0.4 is 10.6 Å². The van der Waals surface area contributed by atoms with E-state index in [2.05, 4.69) is 10.6 Å². The van der Waals surface area contributed by atoms with E-state index in [4.69, 9.17) is 0 Å². The van der Waals surface area contributed by atoms with Crippen molar-refractivity contribution in [2.24, 2.45) is 0 Å². The molecular formula is C12H15IN2O3. The molecular weight excluding hydrogens is 347 g/mol. The SMILES string of the molecule is CCNC(=O)C(C)NC(=O)c1cc(I)ccc1O. The maximum atomic E-state index is 11.9. The topological polar surface area (TPSA) is 78.4 Å². The molecule has 0 saturated heterocycles. The number of hydrogen-bond acceptors (Lipinski definition) is 3. The maximum absolute atomic E-state index is 11.9. The summed E-state index contributed by atoms with van der Waals surface area (Å²) in [6.07, 6.45) is 0. The molecule has 0 spiro atoms. The van der Waals surface area contributed by atoms with Crippen LogP contribution in [-0.4, -0.2) is 29.5 Å². The van der Waals surface area contributed by atoms with Gasteiger partial charge in [0.15, 0.2) is 0 Å². The molecule has 0 aliphatic heterocycles. The predicted octanol–water partition coefficient (Wildman–Crippen LogP) is 1.25. The summed E-state index contributed by atoms with van der Waals surface area (Å²) in [5.74, 6) is -0.822. The summed E-state index contributed by atoms with van der Waals surface area (Å²) >= 11 is 2.05. The molecule has 1 aromatic rings. The fourth-order valence-corrected chi connectivity index (χ4v) is 1.85. The van der Waals surface area contributed by atoms with Crippen LogP contribution in [0.2, 0.25) is 0 Å². The van der Waals surface area contributed by atoms with Crippen molar-refractivity contribution in [1.29, 1.82) is 0 Å². The van der Waals surface area contributed by atoms with E-state index in [-0.39, 0.29) is 17.2 Å². The van der Waals surface area contributed by atoms with Crippen LogP contribution in [0.1, 0.15) is 24.2 Å². The molecule has 0 heterocycles. The van der Waals surface area contributed by atoms with Gasteiger partial charge in [-0.25, -0.2) is 0 Å². The average molecular weight is 362 g/mol. The Bertz CT molecular complexity index is 463. The second-order valence-corrected chi connectivity index (χ2v) is 5.00. The highest BCUT2D eigenvalue weighted by atomic mass is 127. The number of likely N-dealkylation sites (N-methyl/N-ethyl adjacent to an activating group) is 1. The van der Waals surface area contributed by atoms with Crippen molar-refractivity contribution in [2.45, 2.75) is 19.9 Å². The molecule has 0 fully saturated rings. The van der Waals surface area contributed by atoms with E-state index in [0.717, 1.165) is 3.57 Å². The Morgan fingerprint density at radius 2 is 2.11 bits per heavy atom. The van der Waals surface area contributed by atoms with E-state index in [0.29, 0.717) is 6.54 Å². The van der Waals surface area contributed by atoms with Gasteiger partial charge in [0, 0.05) is 10.1 Å². The number of phenols is 1. The first-order chi connectivity index (χ1) is 8.45. The Labute approximate surface area is 119 Å². The minimum absolute atomic E-state index is 0.101. The number of carbonyl (C=O) groups excluding carboxylic acids is 2. The largest absolute Gasteiger partial charge is 0.507 e. The molecule has 1 unspecified atom stereocenters. The number of halogens is 1. The fraction of sp³-hybridized carbons (Fsp3) is 0.333. The van der Waals surface area contributed by atoms with Crippen LogP contribution in [0.5, 0.6) is 5.75 Å². The fourth-order valence-electron chi connectivity index (χ4n) is 1.36. The summed E-state index contributed by atoms with van der Waals surface area (Å²) in [7, 11) is 0. The van der Waals surface area contributed by atoms with E-state index >= 15 is 0 Å². The molecule has 1 aromatic carbocycles. The number of benzene rings is 1. The number of rotatable bonds is 4. The third-order valence-corrected chi connectivity index (χ3v) is 2.97. The number of aromatic hydroxyl groups is 1. The van der Waals surface area contributed by atoms with Crippen LogP contribution in [0.4, 0.5) is 0 Å². The van der Waals surface area contributed by atoms with E-state index in [1.165, 1.54) is 6.07 Å². The van der Waals surface area contributed by atoms with Crippen LogP contribution in [-0.2, 0) is 4.79 Å². The van der Waals surface area contributed by atoms with Gasteiger partial charge in [-0.1, -0.05) is 0 Å². The predicted molar refractivity (Wildman–Crippen MR) is 76.4 cm³/mol. The number of carbonyl (C=O) groups is 2. The third-order valence-electron chi connectivity index (χ3n) is 2.30. The second-order valence-electron chi connectivity index (χ2n) is 3.75. The van der Waals surface area contributed by atoms with Crippen molar-refractivity contribution >= 4 is 34.4 Å². The molecule has 18 heavy (non-hydrogen) atoms. The van der Waals surface area contributed by atoms with Gasteiger partial charge in [-0.05, 0) is 54.6 Å². The van der Waals surface area contributed by atoms with Crippen LogP contribution in [0.15, 0.2) is 18.2 Å². The van der Waals surface area contributed by atoms with Gasteiger partial charge in [0.2, 0.25) is 5.91 Å². The van der Waals surface area contributed by atoms with Gasteiger partial charge in [-0.2, -0.15) is 0 Å². The van der Waals surface area contributed by atoms with Crippen LogP contribution in [0.25, 0.3) is 0 Å². The van der Waals surface area contributed by atoms with Crippen LogP contribution in [0, 0.1) is 3.57 Å². The van der Waals surface area contributed by atoms with Crippen molar-refractivity contribution in [1.82, 2.24) is 10.6 Å². The van der Waals surface area contributed by atoms with Crippen molar-refractivity contribution in [3.8, 4) is 5.75 Å². The van der Waals surface area contributed by atoms with Gasteiger partial charge in [0.25, 0.3) is 5.91 Å². The lowest BCUT2D eigenvalue weighted by atomic mass is 10.1. The Balaban J connectivity index is 2.76. The number of nitrogens with one attached hydrogen (secondary N) is 2. The van der Waals surface area contributed by atoms with Crippen molar-refractivity contribution < 1.29 is 14.7 Å². The molecule has 6 heteroatoms. The maximum Gasteiger partial charge on any atom is 0.255 e. The average Bonchev–Trinajstić information content (AvgIpc) is 2.32. The second kappa shape index (κ2) is 6.58. The van der Waals surface area contributed by atoms with Crippen LogP contribution in [0.3, 0.4) is 0 Å². The summed E-state index contributed by atoms with van der Waals surface area (Å²) in [5.41, 5.74) is 0.165. The monoisotopic (exact) mass is 362 g/mol. The molecule has 0 aromatic heterocycles. The first-order valence-electron chi connectivity index (χ1n) is 5.52. The zero-order valence-corrected chi connectivity index (χ0v) is 12.3. The first kappa shape index (κ1) is 14.7. The lowest BCUT2D eigenvalue weighted by Gasteiger charge is -2.14. The molecule has 0 saturated carbocycles. The molecule has 0 radical (unpaired) electrons. The highest BCUT2D eigenvalue weighted by Crippen LogP contribution is 2.19. The van der Waals surface area contributed by atoms with Gasteiger partial charge in [-0.3, -0.25) is 9.59 Å². The molecule has 1 atom stereocenters. The summed E-state index contributed by atoms with van der Waals surface area (Å²) in [6.45, 7) is 3.90. The molecule has 98 valence electrons. The normalized spacial score (nSPS) is 11.7. The minimum Gasteiger partial charge on any atom is -0.507 e. The van der Waals surface area contributed by atoms with E-state index in [9.17, 15) is 14.7 Å². The quantitative estimate of drug-likeness (QED) is 0.706. The summed E-state index contributed by atoms with van der Waals surface area (Å²) in [4.78, 5) is 23.4. The van der Waals surface area contributed by atoms with Crippen LogP contribution >= 0.6 is 22.6 Å². The first-order valence-corrected chi connectivity index (χ1v) is 6.60. The Morgan fingerprint density at radius 3 is 2.72 bits per heavy atom. The van der Waals surface area contributed by atoms with Gasteiger partial charge >= 0.3 is 0 Å². The lowest BCUT2D eigenvalue weighted by molar-refractivity contribution is -0.122. The molecule has 1 rings (SSSR count). The van der Waals surface area contributed by atoms with Crippen molar-refractivity contribution in [3.63, 3.8) is 0 Å². The van der Waals surface area contributed by atoms with Crippen molar-refractivity contribution in [3.05, 3.63) is 27.3 Å². The summed E-state index contributed by atoms with van der Waals surface area (Å²) < 4.78 is 0.834. The van der Waals surface area contributed by atoms with E-state index < -0.39 is 11.9 Å². The number of amides is 2.